The number of nitrogens with one attached hydrogen (secondary N) is 2. The van der Waals surface area contributed by atoms with Crippen LogP contribution in [0.2, 0.25) is 0 Å². The van der Waals surface area contributed by atoms with Crippen LogP contribution in [-0.2, 0) is 19.6 Å². The predicted molar refractivity (Wildman–Crippen MR) is 133 cm³/mol. The molecule has 2 aromatic rings. The van der Waals surface area contributed by atoms with E-state index >= 15 is 0 Å². The number of hydrazone groups is 1. The summed E-state index contributed by atoms with van der Waals surface area (Å²) in [5.41, 5.74) is 3.12. The third-order valence-corrected chi connectivity index (χ3v) is 5.57. The molecule has 11 nitrogen and oxygen atoms in total. The number of carbonyl (C=O) groups is 2. The first kappa shape index (κ1) is 27.4. The highest BCUT2D eigenvalue weighted by molar-refractivity contribution is 7.92. The van der Waals surface area contributed by atoms with Crippen LogP contribution in [0.4, 0.5) is 5.69 Å². The summed E-state index contributed by atoms with van der Waals surface area (Å²) in [6.07, 6.45) is 2.38. The van der Waals surface area contributed by atoms with E-state index in [4.69, 9.17) is 14.2 Å². The first-order valence-corrected chi connectivity index (χ1v) is 12.4. The summed E-state index contributed by atoms with van der Waals surface area (Å²) in [6, 6.07) is 11.4. The molecule has 0 radical (unpaired) electrons. The van der Waals surface area contributed by atoms with E-state index in [-0.39, 0.29) is 30.0 Å². The molecule has 0 aliphatic rings. The Labute approximate surface area is 205 Å². The quantitative estimate of drug-likeness (QED) is 0.329. The molecule has 190 valence electrons. The number of rotatable bonds is 12. The van der Waals surface area contributed by atoms with Crippen LogP contribution in [0.5, 0.6) is 17.2 Å². The summed E-state index contributed by atoms with van der Waals surface area (Å²) in [5.74, 6) is 0.286. The van der Waals surface area contributed by atoms with Gasteiger partial charge in [-0.3, -0.25) is 13.9 Å². The standard InChI is InChI=1S/C23H30N4O7S/c1-16(2)25-23(29)15-34-18-8-6-17(7-9-18)13-24-26-22(28)14-27(35(5,30)31)20-12-19(32-3)10-11-21(20)33-4/h6-13,16H,14-15H2,1-5H3,(H,25,29)(H,26,28)/b24-13-. The zero-order valence-electron chi connectivity index (χ0n) is 20.3. The van der Waals surface area contributed by atoms with Crippen LogP contribution in [0.15, 0.2) is 47.6 Å². The molecule has 0 aliphatic carbocycles. The molecule has 2 N–H and O–H groups in total. The van der Waals surface area contributed by atoms with E-state index < -0.39 is 22.5 Å². The minimum Gasteiger partial charge on any atom is -0.497 e. The number of hydrogen-bond donors (Lipinski definition) is 2. The number of benzene rings is 2. The molecule has 35 heavy (non-hydrogen) atoms. The predicted octanol–water partition coefficient (Wildman–Crippen LogP) is 1.52. The van der Waals surface area contributed by atoms with Gasteiger partial charge >= 0.3 is 0 Å². The van der Waals surface area contributed by atoms with E-state index in [1.807, 2.05) is 13.8 Å². The van der Waals surface area contributed by atoms with Gasteiger partial charge in [-0.1, -0.05) is 0 Å². The monoisotopic (exact) mass is 506 g/mol. The van der Waals surface area contributed by atoms with Gasteiger partial charge in [0.2, 0.25) is 10.0 Å². The van der Waals surface area contributed by atoms with Crippen molar-refractivity contribution in [2.24, 2.45) is 5.10 Å². The van der Waals surface area contributed by atoms with Gasteiger partial charge in [0.1, 0.15) is 23.8 Å². The molecule has 0 aromatic heterocycles. The lowest BCUT2D eigenvalue weighted by Gasteiger charge is -2.23. The van der Waals surface area contributed by atoms with Gasteiger partial charge in [0, 0.05) is 12.1 Å². The van der Waals surface area contributed by atoms with Gasteiger partial charge in [0.05, 0.1) is 32.4 Å². The summed E-state index contributed by atoms with van der Waals surface area (Å²) in [4.78, 5) is 24.1. The number of amides is 2. The SMILES string of the molecule is COc1ccc(OC)c(N(CC(=O)N/N=C\c2ccc(OCC(=O)NC(C)C)cc2)S(C)(=O)=O)c1. The first-order valence-electron chi connectivity index (χ1n) is 10.6. The molecule has 0 unspecified atom stereocenters. The molecule has 0 fully saturated rings. The highest BCUT2D eigenvalue weighted by Gasteiger charge is 2.24. The molecule has 0 saturated carbocycles. The van der Waals surface area contributed by atoms with Crippen molar-refractivity contribution < 1.29 is 32.2 Å². The molecule has 0 heterocycles. The molecule has 0 saturated heterocycles. The number of methoxy groups -OCH3 is 2. The Morgan fingerprint density at radius 3 is 2.26 bits per heavy atom. The molecule has 2 amide bonds. The molecule has 0 aliphatic heterocycles. The van der Waals surface area contributed by atoms with E-state index in [0.717, 1.165) is 10.6 Å². The van der Waals surface area contributed by atoms with E-state index in [1.165, 1.54) is 26.5 Å². The van der Waals surface area contributed by atoms with Crippen LogP contribution in [0.1, 0.15) is 19.4 Å². The number of anilines is 1. The van der Waals surface area contributed by atoms with Crippen LogP contribution < -0.4 is 29.3 Å². The largest absolute Gasteiger partial charge is 0.497 e. The zero-order valence-corrected chi connectivity index (χ0v) is 21.1. The van der Waals surface area contributed by atoms with Gasteiger partial charge in [0.15, 0.2) is 6.61 Å². The van der Waals surface area contributed by atoms with Gasteiger partial charge < -0.3 is 19.5 Å². The van der Waals surface area contributed by atoms with Crippen molar-refractivity contribution in [3.05, 3.63) is 48.0 Å². The summed E-state index contributed by atoms with van der Waals surface area (Å²) >= 11 is 0. The lowest BCUT2D eigenvalue weighted by molar-refractivity contribution is -0.123. The Hall–Kier alpha value is -3.80. The Morgan fingerprint density at radius 1 is 1.03 bits per heavy atom. The van der Waals surface area contributed by atoms with Crippen LogP contribution in [-0.4, -0.2) is 66.1 Å². The van der Waals surface area contributed by atoms with Crippen LogP contribution in [0, 0.1) is 0 Å². The molecular formula is C23H30N4O7S. The summed E-state index contributed by atoms with van der Waals surface area (Å²) in [7, 11) is -0.988. The molecule has 12 heteroatoms. The Balaban J connectivity index is 2.01. The van der Waals surface area contributed by atoms with Crippen molar-refractivity contribution in [1.29, 1.82) is 0 Å². The van der Waals surface area contributed by atoms with Gasteiger partial charge in [-0.15, -0.1) is 0 Å². The highest BCUT2D eigenvalue weighted by Crippen LogP contribution is 2.33. The summed E-state index contributed by atoms with van der Waals surface area (Å²) < 4.78 is 41.5. The Kier molecular flexibility index (Phi) is 9.88. The number of carbonyl (C=O) groups excluding carboxylic acids is 2. The van der Waals surface area contributed by atoms with Gasteiger partial charge in [0.25, 0.3) is 11.8 Å². The number of sulfonamides is 1. The van der Waals surface area contributed by atoms with Crippen LogP contribution in [0.25, 0.3) is 0 Å². The van der Waals surface area contributed by atoms with Crippen molar-refractivity contribution in [2.45, 2.75) is 19.9 Å². The second kappa shape index (κ2) is 12.6. The fraction of sp³-hybridized carbons (Fsp3) is 0.348. The highest BCUT2D eigenvalue weighted by atomic mass is 32.2. The minimum absolute atomic E-state index is 0.0296. The van der Waals surface area contributed by atoms with Crippen molar-refractivity contribution >= 4 is 33.7 Å². The third-order valence-electron chi connectivity index (χ3n) is 4.44. The van der Waals surface area contributed by atoms with Crippen molar-refractivity contribution in [1.82, 2.24) is 10.7 Å². The second-order valence-electron chi connectivity index (χ2n) is 7.68. The van der Waals surface area contributed by atoms with E-state index in [1.54, 1.807) is 36.4 Å². The van der Waals surface area contributed by atoms with E-state index in [2.05, 4.69) is 15.8 Å². The normalized spacial score (nSPS) is 11.3. The van der Waals surface area contributed by atoms with Crippen molar-refractivity contribution in [3.8, 4) is 17.2 Å². The second-order valence-corrected chi connectivity index (χ2v) is 9.59. The smallest absolute Gasteiger partial charge is 0.260 e. The summed E-state index contributed by atoms with van der Waals surface area (Å²) in [6.45, 7) is 3.10. The average molecular weight is 507 g/mol. The molecule has 0 bridgehead atoms. The van der Waals surface area contributed by atoms with Gasteiger partial charge in [-0.05, 0) is 55.8 Å². The van der Waals surface area contributed by atoms with Crippen molar-refractivity contribution in [2.75, 3.05) is 37.9 Å². The first-order chi connectivity index (χ1) is 16.5. The number of ether oxygens (including phenoxy) is 3. The third kappa shape index (κ3) is 8.81. The maximum absolute atomic E-state index is 12.4. The van der Waals surface area contributed by atoms with Crippen LogP contribution in [0.3, 0.4) is 0 Å². The molecule has 2 rings (SSSR count). The van der Waals surface area contributed by atoms with Crippen molar-refractivity contribution in [3.63, 3.8) is 0 Å². The van der Waals surface area contributed by atoms with E-state index in [0.29, 0.717) is 17.1 Å². The lowest BCUT2D eigenvalue weighted by Crippen LogP contribution is -2.39. The summed E-state index contributed by atoms with van der Waals surface area (Å²) in [5, 5.41) is 6.60. The molecule has 2 aromatic carbocycles. The zero-order chi connectivity index (χ0) is 26.0. The maximum Gasteiger partial charge on any atom is 0.260 e. The minimum atomic E-state index is -3.83. The average Bonchev–Trinajstić information content (AvgIpc) is 2.80. The molecule has 0 spiro atoms. The fourth-order valence-electron chi connectivity index (χ4n) is 2.88. The van der Waals surface area contributed by atoms with E-state index in [9.17, 15) is 18.0 Å². The number of hydrogen-bond acceptors (Lipinski definition) is 8. The number of nitrogens with zero attached hydrogens (tertiary/aromatic N) is 2. The fourth-order valence-corrected chi connectivity index (χ4v) is 3.73. The topological polar surface area (TPSA) is 136 Å². The Morgan fingerprint density at radius 2 is 1.69 bits per heavy atom. The van der Waals surface area contributed by atoms with Crippen LogP contribution >= 0.6 is 0 Å². The van der Waals surface area contributed by atoms with Gasteiger partial charge in [-0.2, -0.15) is 5.10 Å². The lowest BCUT2D eigenvalue weighted by atomic mass is 10.2. The Bertz CT molecular complexity index is 1150. The maximum atomic E-state index is 12.4. The van der Waals surface area contributed by atoms with Gasteiger partial charge in [-0.25, -0.2) is 13.8 Å². The molecular weight excluding hydrogens is 476 g/mol. The molecule has 0 atom stereocenters.